The van der Waals surface area contributed by atoms with Gasteiger partial charge in [0.2, 0.25) is 0 Å². The first-order chi connectivity index (χ1) is 13.4. The largest absolute Gasteiger partial charge is 0.378 e. The van der Waals surface area contributed by atoms with E-state index in [1.165, 1.54) is 29.7 Å². The summed E-state index contributed by atoms with van der Waals surface area (Å²) < 4.78 is 0.806. The molecule has 0 aliphatic heterocycles. The van der Waals surface area contributed by atoms with Crippen LogP contribution in [-0.4, -0.2) is 31.1 Å². The molecule has 0 radical (unpaired) electrons. The number of nitro benzene ring substituents is 1. The van der Waals surface area contributed by atoms with Crippen molar-refractivity contribution in [2.75, 3.05) is 19.0 Å². The van der Waals surface area contributed by atoms with Crippen molar-refractivity contribution in [3.63, 3.8) is 0 Å². The summed E-state index contributed by atoms with van der Waals surface area (Å²) in [6.07, 6.45) is 5.11. The third-order valence-corrected chi connectivity index (χ3v) is 5.07. The zero-order valence-corrected chi connectivity index (χ0v) is 16.1. The van der Waals surface area contributed by atoms with E-state index in [2.05, 4.69) is 10.5 Å². The normalized spacial score (nSPS) is 11.4. The highest BCUT2D eigenvalue weighted by atomic mass is 32.1. The lowest BCUT2D eigenvalue weighted by molar-refractivity contribution is -0.384. The van der Waals surface area contributed by atoms with Gasteiger partial charge < -0.3 is 4.90 Å². The quantitative estimate of drug-likeness (QED) is 0.383. The monoisotopic (exact) mass is 394 g/mol. The first-order valence-corrected chi connectivity index (χ1v) is 9.21. The van der Waals surface area contributed by atoms with Crippen molar-refractivity contribution in [3.8, 4) is 0 Å². The van der Waals surface area contributed by atoms with Gasteiger partial charge in [-0.3, -0.25) is 14.9 Å². The number of nitrogens with zero attached hydrogens (tertiary/aromatic N) is 3. The first kappa shape index (κ1) is 19.2. The van der Waals surface area contributed by atoms with E-state index >= 15 is 0 Å². The highest BCUT2D eigenvalue weighted by Gasteiger charge is 2.12. The molecule has 0 spiro atoms. The molecule has 1 heterocycles. The number of fused-ring (bicyclic) bond motifs is 1. The van der Waals surface area contributed by atoms with Crippen LogP contribution in [0.4, 0.5) is 11.4 Å². The van der Waals surface area contributed by atoms with Crippen LogP contribution in [0.1, 0.15) is 15.2 Å². The maximum atomic E-state index is 12.2. The molecular formula is C20H18N4O3S. The number of allylic oxidation sites excluding steroid dienone is 1. The molecule has 1 aromatic heterocycles. The molecule has 0 aliphatic carbocycles. The molecule has 0 saturated carbocycles. The van der Waals surface area contributed by atoms with Crippen molar-refractivity contribution < 1.29 is 9.72 Å². The number of hydrogen-bond donors (Lipinski definition) is 1. The van der Waals surface area contributed by atoms with E-state index in [9.17, 15) is 14.9 Å². The van der Waals surface area contributed by atoms with Gasteiger partial charge in [0.25, 0.3) is 11.6 Å². The minimum atomic E-state index is -0.457. The SMILES string of the molecule is CN(C)c1ccc(/C=C/C=N\NC(=O)c2cc3cc([N+](=O)[O-])ccc3s2)cc1. The van der Waals surface area contributed by atoms with Gasteiger partial charge in [-0.05, 0) is 35.9 Å². The number of hydrazone groups is 1. The van der Waals surface area contributed by atoms with Crippen molar-refractivity contribution in [1.82, 2.24) is 5.43 Å². The molecule has 0 bridgehead atoms. The number of nitrogens with one attached hydrogen (secondary N) is 1. The lowest BCUT2D eigenvalue weighted by Gasteiger charge is -2.11. The molecule has 142 valence electrons. The van der Waals surface area contributed by atoms with Crippen LogP contribution in [0, 0.1) is 10.1 Å². The fourth-order valence-electron chi connectivity index (χ4n) is 2.49. The van der Waals surface area contributed by atoms with Gasteiger partial charge in [-0.25, -0.2) is 5.43 Å². The van der Waals surface area contributed by atoms with E-state index < -0.39 is 4.92 Å². The van der Waals surface area contributed by atoms with Crippen molar-refractivity contribution in [3.05, 3.63) is 75.2 Å². The molecule has 8 heteroatoms. The van der Waals surface area contributed by atoms with Gasteiger partial charge in [-0.1, -0.05) is 18.2 Å². The molecular weight excluding hydrogens is 376 g/mol. The van der Waals surface area contributed by atoms with Crippen LogP contribution >= 0.6 is 11.3 Å². The Kier molecular flexibility index (Phi) is 5.81. The standard InChI is InChI=1S/C20H18N4O3S/c1-23(2)16-7-5-14(6-8-16)4-3-11-21-22-20(25)19-13-15-12-17(24(26)27)9-10-18(15)28-19/h3-13H,1-2H3,(H,22,25)/b4-3+,21-11-. The molecule has 0 unspecified atom stereocenters. The Balaban J connectivity index is 1.60. The zero-order valence-electron chi connectivity index (χ0n) is 15.3. The summed E-state index contributed by atoms with van der Waals surface area (Å²) in [5, 5.41) is 15.4. The highest BCUT2D eigenvalue weighted by molar-refractivity contribution is 7.20. The number of anilines is 1. The molecule has 7 nitrogen and oxygen atoms in total. The molecule has 28 heavy (non-hydrogen) atoms. The van der Waals surface area contributed by atoms with Crippen LogP contribution in [-0.2, 0) is 0 Å². The predicted molar refractivity (Wildman–Crippen MR) is 114 cm³/mol. The molecule has 1 amide bonds. The predicted octanol–water partition coefficient (Wildman–Crippen LogP) is 4.30. The lowest BCUT2D eigenvalue weighted by atomic mass is 10.2. The van der Waals surface area contributed by atoms with Crippen LogP contribution in [0.3, 0.4) is 0 Å². The van der Waals surface area contributed by atoms with Crippen molar-refractivity contribution in [1.29, 1.82) is 0 Å². The Morgan fingerprint density at radius 2 is 1.93 bits per heavy atom. The summed E-state index contributed by atoms with van der Waals surface area (Å²) >= 11 is 1.26. The molecule has 1 N–H and O–H groups in total. The highest BCUT2D eigenvalue weighted by Crippen LogP contribution is 2.28. The van der Waals surface area contributed by atoms with Gasteiger partial charge in [0.1, 0.15) is 0 Å². The molecule has 3 rings (SSSR count). The van der Waals surface area contributed by atoms with E-state index in [1.54, 1.807) is 18.2 Å². The van der Waals surface area contributed by atoms with Crippen LogP contribution in [0.2, 0.25) is 0 Å². The van der Waals surface area contributed by atoms with Crippen molar-refractivity contribution in [2.24, 2.45) is 5.10 Å². The van der Waals surface area contributed by atoms with Crippen LogP contribution in [0.5, 0.6) is 0 Å². The maximum absolute atomic E-state index is 12.2. The second-order valence-electron chi connectivity index (χ2n) is 6.15. The molecule has 2 aromatic carbocycles. The van der Waals surface area contributed by atoms with Gasteiger partial charge in [0.15, 0.2) is 0 Å². The van der Waals surface area contributed by atoms with Gasteiger partial charge in [-0.2, -0.15) is 5.10 Å². The minimum absolute atomic E-state index is 0.000898. The maximum Gasteiger partial charge on any atom is 0.281 e. The minimum Gasteiger partial charge on any atom is -0.378 e. The van der Waals surface area contributed by atoms with Crippen molar-refractivity contribution >= 4 is 51.0 Å². The summed E-state index contributed by atoms with van der Waals surface area (Å²) in [5.41, 5.74) is 4.60. The Labute approximate surface area is 165 Å². The number of carbonyl (C=O) groups is 1. The second-order valence-corrected chi connectivity index (χ2v) is 7.24. The third-order valence-electron chi connectivity index (χ3n) is 3.96. The van der Waals surface area contributed by atoms with E-state index in [1.807, 2.05) is 49.3 Å². The van der Waals surface area contributed by atoms with E-state index in [4.69, 9.17) is 0 Å². The number of hydrogen-bond acceptors (Lipinski definition) is 6. The fourth-order valence-corrected chi connectivity index (χ4v) is 3.42. The van der Waals surface area contributed by atoms with Crippen molar-refractivity contribution in [2.45, 2.75) is 0 Å². The zero-order chi connectivity index (χ0) is 20.1. The Hall–Kier alpha value is -3.52. The lowest BCUT2D eigenvalue weighted by Crippen LogP contribution is -2.15. The smallest absolute Gasteiger partial charge is 0.281 e. The third kappa shape index (κ3) is 4.60. The Morgan fingerprint density at radius 3 is 2.61 bits per heavy atom. The summed E-state index contributed by atoms with van der Waals surface area (Å²) in [6.45, 7) is 0. The topological polar surface area (TPSA) is 87.8 Å². The van der Waals surface area contributed by atoms with E-state index in [0.717, 1.165) is 16.0 Å². The molecule has 0 saturated heterocycles. The number of amides is 1. The fraction of sp³-hybridized carbons (Fsp3) is 0.100. The average molecular weight is 394 g/mol. The summed E-state index contributed by atoms with van der Waals surface area (Å²) in [6, 6.07) is 14.2. The number of thiophene rings is 1. The summed E-state index contributed by atoms with van der Waals surface area (Å²) in [4.78, 5) is 25.0. The van der Waals surface area contributed by atoms with Crippen LogP contribution < -0.4 is 10.3 Å². The summed E-state index contributed by atoms with van der Waals surface area (Å²) in [7, 11) is 3.97. The van der Waals surface area contributed by atoms with Gasteiger partial charge in [0, 0.05) is 48.2 Å². The Morgan fingerprint density at radius 1 is 1.18 bits per heavy atom. The van der Waals surface area contributed by atoms with Gasteiger partial charge in [-0.15, -0.1) is 11.3 Å². The van der Waals surface area contributed by atoms with Crippen LogP contribution in [0.15, 0.2) is 59.7 Å². The number of carbonyl (C=O) groups excluding carboxylic acids is 1. The number of non-ortho nitro benzene ring substituents is 1. The number of rotatable bonds is 6. The molecule has 3 aromatic rings. The molecule has 0 aliphatic rings. The number of nitro groups is 1. The van der Waals surface area contributed by atoms with E-state index in [0.29, 0.717) is 10.3 Å². The average Bonchev–Trinajstić information content (AvgIpc) is 3.11. The van der Waals surface area contributed by atoms with Crippen LogP contribution in [0.25, 0.3) is 16.2 Å². The number of benzene rings is 2. The molecule has 0 atom stereocenters. The Bertz CT molecular complexity index is 1070. The summed E-state index contributed by atoms with van der Waals surface area (Å²) in [5.74, 6) is -0.358. The second kappa shape index (κ2) is 8.45. The van der Waals surface area contributed by atoms with Gasteiger partial charge in [0.05, 0.1) is 9.80 Å². The van der Waals surface area contributed by atoms with E-state index in [-0.39, 0.29) is 11.6 Å². The molecule has 0 fully saturated rings. The first-order valence-electron chi connectivity index (χ1n) is 8.39. The van der Waals surface area contributed by atoms with Gasteiger partial charge >= 0.3 is 0 Å².